The Balaban J connectivity index is 1.48. The van der Waals surface area contributed by atoms with Crippen molar-refractivity contribution in [3.63, 3.8) is 0 Å². The molecule has 1 aliphatic rings. The smallest absolute Gasteiger partial charge is 0.407 e. The van der Waals surface area contributed by atoms with Crippen LogP contribution in [-0.2, 0) is 0 Å². The van der Waals surface area contributed by atoms with Gasteiger partial charge in [-0.3, -0.25) is 14.2 Å². The Morgan fingerprint density at radius 3 is 2.57 bits per heavy atom. The van der Waals surface area contributed by atoms with E-state index in [-0.39, 0.29) is 17.9 Å². The molecular formula is C26H21ClN2O5S. The standard InChI is InChI=1S/C26H21ClN2O5S/c1-34-21-13-19(6-7-20(21)23(30)17-8-10-28(14-17)26(32)33)29-11-9-16-12-22(35-24(16)25(29)31)15-2-4-18(27)5-3-15/h2-7,9,11-13,17H,8,10,14H2,1H3,(H,32,33). The summed E-state index contributed by atoms with van der Waals surface area (Å²) in [6, 6.07) is 16.4. The molecule has 178 valence electrons. The molecule has 2 aromatic heterocycles. The molecular weight excluding hydrogens is 488 g/mol. The lowest BCUT2D eigenvalue weighted by atomic mass is 9.96. The van der Waals surface area contributed by atoms with Crippen molar-refractivity contribution in [2.24, 2.45) is 5.92 Å². The van der Waals surface area contributed by atoms with Gasteiger partial charge < -0.3 is 14.7 Å². The SMILES string of the molecule is COc1cc(-n2ccc3cc(-c4ccc(Cl)cc4)sc3c2=O)ccc1C(=O)C1CCN(C(=O)O)C1. The zero-order valence-corrected chi connectivity index (χ0v) is 20.3. The number of halogens is 1. The number of hydrogen-bond donors (Lipinski definition) is 1. The summed E-state index contributed by atoms with van der Waals surface area (Å²) in [5.41, 5.74) is 1.77. The van der Waals surface area contributed by atoms with Gasteiger partial charge in [0.15, 0.2) is 5.78 Å². The minimum absolute atomic E-state index is 0.161. The van der Waals surface area contributed by atoms with Gasteiger partial charge in [-0.15, -0.1) is 11.3 Å². The van der Waals surface area contributed by atoms with Gasteiger partial charge in [0.2, 0.25) is 0 Å². The summed E-state index contributed by atoms with van der Waals surface area (Å²) < 4.78 is 7.64. The maximum atomic E-state index is 13.3. The number of hydrogen-bond acceptors (Lipinski definition) is 5. The predicted octanol–water partition coefficient (Wildman–Crippen LogP) is 5.56. The van der Waals surface area contributed by atoms with E-state index in [4.69, 9.17) is 16.3 Å². The van der Waals surface area contributed by atoms with Gasteiger partial charge in [-0.2, -0.15) is 0 Å². The lowest BCUT2D eigenvalue weighted by Crippen LogP contribution is -2.28. The summed E-state index contributed by atoms with van der Waals surface area (Å²) in [6.07, 6.45) is 1.16. The molecule has 0 spiro atoms. The third-order valence-corrected chi connectivity index (χ3v) is 7.70. The van der Waals surface area contributed by atoms with Crippen LogP contribution in [0.4, 0.5) is 4.79 Å². The number of likely N-dealkylation sites (tertiary alicyclic amines) is 1. The number of nitrogens with zero attached hydrogens (tertiary/aromatic N) is 2. The molecule has 5 rings (SSSR count). The number of methoxy groups -OCH3 is 1. The maximum absolute atomic E-state index is 13.3. The molecule has 1 atom stereocenters. The lowest BCUT2D eigenvalue weighted by Gasteiger charge is -2.15. The van der Waals surface area contributed by atoms with E-state index in [0.29, 0.717) is 39.7 Å². The molecule has 9 heteroatoms. The first-order chi connectivity index (χ1) is 16.9. The Morgan fingerprint density at radius 2 is 1.89 bits per heavy atom. The number of rotatable bonds is 5. The molecule has 7 nitrogen and oxygen atoms in total. The lowest BCUT2D eigenvalue weighted by molar-refractivity contribution is 0.0919. The highest BCUT2D eigenvalue weighted by Gasteiger charge is 2.32. The number of amides is 1. The van der Waals surface area contributed by atoms with Crippen molar-refractivity contribution < 1.29 is 19.4 Å². The van der Waals surface area contributed by atoms with Crippen molar-refractivity contribution in [1.29, 1.82) is 0 Å². The average Bonchev–Trinajstić information content (AvgIpc) is 3.52. The van der Waals surface area contributed by atoms with Gasteiger partial charge in [0.25, 0.3) is 5.56 Å². The second-order valence-electron chi connectivity index (χ2n) is 8.36. The molecule has 0 bridgehead atoms. The first kappa shape index (κ1) is 23.1. The van der Waals surface area contributed by atoms with Gasteiger partial charge in [-0.25, -0.2) is 4.79 Å². The number of carboxylic acid groups (broad SMARTS) is 1. The molecule has 1 fully saturated rings. The minimum atomic E-state index is -1.02. The maximum Gasteiger partial charge on any atom is 0.407 e. The van der Waals surface area contributed by atoms with Crippen LogP contribution in [0.5, 0.6) is 5.75 Å². The van der Waals surface area contributed by atoms with Crippen LogP contribution in [0.15, 0.2) is 65.6 Å². The second-order valence-corrected chi connectivity index (χ2v) is 9.84. The Bertz CT molecular complexity index is 1510. The third kappa shape index (κ3) is 4.31. The van der Waals surface area contributed by atoms with Gasteiger partial charge in [-0.05, 0) is 48.4 Å². The number of ketones is 1. The van der Waals surface area contributed by atoms with Crippen molar-refractivity contribution in [3.05, 3.63) is 81.7 Å². The number of carbonyl (C=O) groups is 2. The van der Waals surface area contributed by atoms with Crippen molar-refractivity contribution in [2.45, 2.75) is 6.42 Å². The van der Waals surface area contributed by atoms with E-state index in [1.165, 1.54) is 27.9 Å². The fraction of sp³-hybridized carbons (Fsp3) is 0.192. The molecule has 4 aromatic rings. The fourth-order valence-corrected chi connectivity index (χ4v) is 5.61. The third-order valence-electron chi connectivity index (χ3n) is 6.26. The largest absolute Gasteiger partial charge is 0.496 e. The number of ether oxygens (including phenoxy) is 1. The number of fused-ring (bicyclic) bond motifs is 1. The first-order valence-electron chi connectivity index (χ1n) is 11.0. The number of aromatic nitrogens is 1. The van der Waals surface area contributed by atoms with Gasteiger partial charge in [0, 0.05) is 46.6 Å². The molecule has 3 heterocycles. The first-order valence-corrected chi connectivity index (χ1v) is 12.2. The van der Waals surface area contributed by atoms with Crippen LogP contribution in [0.2, 0.25) is 5.02 Å². The molecule has 2 aromatic carbocycles. The van der Waals surface area contributed by atoms with E-state index in [1.807, 2.05) is 36.4 Å². The van der Waals surface area contributed by atoms with Crippen LogP contribution in [0, 0.1) is 5.92 Å². The topological polar surface area (TPSA) is 88.8 Å². The number of Topliss-reactive ketones (excluding diaryl/α,β-unsaturated/α-hetero) is 1. The van der Waals surface area contributed by atoms with E-state index in [1.54, 1.807) is 24.4 Å². The summed E-state index contributed by atoms with van der Waals surface area (Å²) in [5.74, 6) is -0.227. The highest BCUT2D eigenvalue weighted by atomic mass is 35.5. The summed E-state index contributed by atoms with van der Waals surface area (Å²) in [4.78, 5) is 39.8. The molecule has 0 aliphatic carbocycles. The summed E-state index contributed by atoms with van der Waals surface area (Å²) in [5, 5.41) is 10.7. The molecule has 0 radical (unpaired) electrons. The van der Waals surface area contributed by atoms with Crippen molar-refractivity contribution >= 4 is 44.9 Å². The molecule has 0 saturated carbocycles. The number of carbonyl (C=O) groups excluding carboxylic acids is 1. The Kier molecular flexibility index (Phi) is 6.08. The van der Waals surface area contributed by atoms with Gasteiger partial charge in [0.05, 0.1) is 18.4 Å². The van der Waals surface area contributed by atoms with E-state index in [0.717, 1.165) is 15.8 Å². The monoisotopic (exact) mass is 508 g/mol. The van der Waals surface area contributed by atoms with E-state index in [2.05, 4.69) is 0 Å². The quantitative estimate of drug-likeness (QED) is 0.356. The van der Waals surface area contributed by atoms with Crippen LogP contribution in [0.3, 0.4) is 0 Å². The van der Waals surface area contributed by atoms with Gasteiger partial charge in [0.1, 0.15) is 10.4 Å². The zero-order valence-electron chi connectivity index (χ0n) is 18.7. The van der Waals surface area contributed by atoms with Crippen LogP contribution in [0.25, 0.3) is 26.2 Å². The van der Waals surface area contributed by atoms with Gasteiger partial charge >= 0.3 is 6.09 Å². The number of thiophene rings is 1. The van der Waals surface area contributed by atoms with Crippen molar-refractivity contribution in [1.82, 2.24) is 9.47 Å². The molecule has 1 unspecified atom stereocenters. The normalized spacial score (nSPS) is 15.5. The van der Waals surface area contributed by atoms with Crippen LogP contribution in [0.1, 0.15) is 16.8 Å². The van der Waals surface area contributed by atoms with Crippen LogP contribution >= 0.6 is 22.9 Å². The average molecular weight is 509 g/mol. The molecule has 1 aliphatic heterocycles. The molecule has 35 heavy (non-hydrogen) atoms. The Hall–Kier alpha value is -3.62. The van der Waals surface area contributed by atoms with Crippen LogP contribution in [-0.4, -0.2) is 46.6 Å². The van der Waals surface area contributed by atoms with Gasteiger partial charge in [-0.1, -0.05) is 23.7 Å². The van der Waals surface area contributed by atoms with E-state index >= 15 is 0 Å². The van der Waals surface area contributed by atoms with E-state index in [9.17, 15) is 19.5 Å². The number of benzene rings is 2. The van der Waals surface area contributed by atoms with Crippen molar-refractivity contribution in [3.8, 4) is 21.9 Å². The molecule has 1 N–H and O–H groups in total. The summed E-state index contributed by atoms with van der Waals surface area (Å²) in [7, 11) is 1.47. The molecule has 1 amide bonds. The fourth-order valence-electron chi connectivity index (χ4n) is 4.39. The Morgan fingerprint density at radius 1 is 1.11 bits per heavy atom. The number of pyridine rings is 1. The zero-order chi connectivity index (χ0) is 24.7. The van der Waals surface area contributed by atoms with Crippen molar-refractivity contribution in [2.75, 3.05) is 20.2 Å². The molecule has 1 saturated heterocycles. The summed E-state index contributed by atoms with van der Waals surface area (Å²) >= 11 is 7.41. The highest BCUT2D eigenvalue weighted by molar-refractivity contribution is 7.22. The second kappa shape index (κ2) is 9.20. The highest BCUT2D eigenvalue weighted by Crippen LogP contribution is 2.33. The van der Waals surface area contributed by atoms with Crippen LogP contribution < -0.4 is 10.3 Å². The van der Waals surface area contributed by atoms with E-state index < -0.39 is 12.0 Å². The Labute approximate surface area is 209 Å². The predicted molar refractivity (Wildman–Crippen MR) is 136 cm³/mol. The minimum Gasteiger partial charge on any atom is -0.496 e. The summed E-state index contributed by atoms with van der Waals surface area (Å²) in [6.45, 7) is 0.504.